The zero-order chi connectivity index (χ0) is 13.9. The van der Waals surface area contributed by atoms with Crippen LogP contribution in [0.2, 0.25) is 0 Å². The monoisotopic (exact) mass is 303 g/mol. The molecule has 0 aliphatic rings. The summed E-state index contributed by atoms with van der Waals surface area (Å²) in [5.41, 5.74) is 0. The lowest BCUT2D eigenvalue weighted by atomic mass is 10.2. The lowest BCUT2D eigenvalue weighted by Gasteiger charge is -2.17. The number of hydrogen-bond donors (Lipinski definition) is 2. The summed E-state index contributed by atoms with van der Waals surface area (Å²) >= 11 is 3.64. The van der Waals surface area contributed by atoms with Gasteiger partial charge in [-0.15, -0.1) is 11.3 Å². The van der Waals surface area contributed by atoms with Crippen LogP contribution < -0.4 is 5.32 Å². The molecule has 110 valence electrons. The highest BCUT2D eigenvalue weighted by Crippen LogP contribution is 2.09. The number of aliphatic hydroxyl groups excluding tert-OH is 1. The second-order valence-corrected chi connectivity index (χ2v) is 6.97. The molecule has 2 unspecified atom stereocenters. The van der Waals surface area contributed by atoms with Crippen LogP contribution in [0.5, 0.6) is 0 Å². The van der Waals surface area contributed by atoms with Crippen molar-refractivity contribution in [3.05, 3.63) is 22.4 Å². The van der Waals surface area contributed by atoms with Crippen molar-refractivity contribution in [2.45, 2.75) is 39.0 Å². The van der Waals surface area contributed by atoms with Gasteiger partial charge in [-0.2, -0.15) is 11.8 Å². The quantitative estimate of drug-likeness (QED) is 0.617. The molecule has 0 bridgehead atoms. The van der Waals surface area contributed by atoms with Gasteiger partial charge >= 0.3 is 0 Å². The molecule has 0 aromatic carbocycles. The highest BCUT2D eigenvalue weighted by molar-refractivity contribution is 7.99. The first kappa shape index (κ1) is 17.0. The van der Waals surface area contributed by atoms with E-state index in [2.05, 4.69) is 19.2 Å². The molecule has 1 heterocycles. The van der Waals surface area contributed by atoms with Crippen LogP contribution in [0.25, 0.3) is 0 Å². The average molecular weight is 303 g/mol. The number of nitrogens with one attached hydrogen (secondary N) is 1. The first-order chi connectivity index (χ1) is 9.22. The molecule has 0 saturated carbocycles. The number of thiophene rings is 1. The van der Waals surface area contributed by atoms with Gasteiger partial charge in [-0.05, 0) is 36.3 Å². The Morgan fingerprint density at radius 3 is 3.05 bits per heavy atom. The fourth-order valence-corrected chi connectivity index (χ4v) is 3.04. The van der Waals surface area contributed by atoms with Crippen LogP contribution in [0, 0.1) is 0 Å². The Hall–Kier alpha value is -0.0700. The summed E-state index contributed by atoms with van der Waals surface area (Å²) in [7, 11) is 0. The molecule has 1 aromatic rings. The van der Waals surface area contributed by atoms with Crippen molar-refractivity contribution in [1.29, 1.82) is 0 Å². The minimum Gasteiger partial charge on any atom is -0.389 e. The first-order valence-electron chi connectivity index (χ1n) is 6.81. The van der Waals surface area contributed by atoms with Gasteiger partial charge in [0.1, 0.15) is 0 Å². The van der Waals surface area contributed by atoms with Crippen LogP contribution in [0.15, 0.2) is 17.5 Å². The van der Waals surface area contributed by atoms with Crippen LogP contribution in [-0.2, 0) is 11.3 Å². The molecule has 0 saturated heterocycles. The van der Waals surface area contributed by atoms with Gasteiger partial charge in [0.05, 0.1) is 19.3 Å². The lowest BCUT2D eigenvalue weighted by Crippen LogP contribution is -2.36. The number of rotatable bonds is 11. The van der Waals surface area contributed by atoms with E-state index in [4.69, 9.17) is 4.74 Å². The van der Waals surface area contributed by atoms with Gasteiger partial charge in [-0.1, -0.05) is 13.0 Å². The van der Waals surface area contributed by atoms with Crippen molar-refractivity contribution in [3.8, 4) is 0 Å². The van der Waals surface area contributed by atoms with Gasteiger partial charge in [0.2, 0.25) is 0 Å². The van der Waals surface area contributed by atoms with E-state index >= 15 is 0 Å². The summed E-state index contributed by atoms with van der Waals surface area (Å²) < 4.78 is 5.49. The first-order valence-corrected chi connectivity index (χ1v) is 8.85. The maximum atomic E-state index is 9.81. The molecule has 3 nitrogen and oxygen atoms in total. The molecule has 19 heavy (non-hydrogen) atoms. The topological polar surface area (TPSA) is 41.5 Å². The summed E-state index contributed by atoms with van der Waals surface area (Å²) in [5, 5.41) is 15.2. The summed E-state index contributed by atoms with van der Waals surface area (Å²) in [6, 6.07) is 4.51. The van der Waals surface area contributed by atoms with Crippen molar-refractivity contribution >= 4 is 23.1 Å². The summed E-state index contributed by atoms with van der Waals surface area (Å²) in [4.78, 5) is 1.20. The molecule has 2 atom stereocenters. The van der Waals surface area contributed by atoms with E-state index in [1.807, 2.05) is 29.3 Å². The number of hydrogen-bond acceptors (Lipinski definition) is 5. The molecule has 0 radical (unpaired) electrons. The van der Waals surface area contributed by atoms with Crippen molar-refractivity contribution in [1.82, 2.24) is 5.32 Å². The van der Waals surface area contributed by atoms with E-state index in [9.17, 15) is 5.11 Å². The standard InChI is InChI=1S/C14H25NO2S2/c1-3-18-8-6-12(2)15-9-13(16)10-17-11-14-5-4-7-19-14/h4-5,7,12-13,15-16H,3,6,8-11H2,1-2H3. The van der Waals surface area contributed by atoms with Crippen molar-refractivity contribution in [2.75, 3.05) is 24.7 Å². The minimum absolute atomic E-state index is 0.390. The molecule has 0 spiro atoms. The molecule has 0 amide bonds. The Balaban J connectivity index is 1.99. The van der Waals surface area contributed by atoms with Crippen LogP contribution in [-0.4, -0.2) is 41.9 Å². The molecule has 5 heteroatoms. The Labute approximate surface area is 124 Å². The van der Waals surface area contributed by atoms with Crippen LogP contribution in [0.4, 0.5) is 0 Å². The highest BCUT2D eigenvalue weighted by Gasteiger charge is 2.07. The third-order valence-corrected chi connectivity index (χ3v) is 4.52. The molecule has 1 aromatic heterocycles. The molecule has 2 N–H and O–H groups in total. The summed E-state index contributed by atoms with van der Waals surface area (Å²) in [5.74, 6) is 2.35. The SMILES string of the molecule is CCSCCC(C)NCC(O)COCc1cccs1. The van der Waals surface area contributed by atoms with Gasteiger partial charge in [0.15, 0.2) is 0 Å². The number of ether oxygens (including phenoxy) is 1. The fourth-order valence-electron chi connectivity index (χ4n) is 1.59. The zero-order valence-electron chi connectivity index (χ0n) is 11.8. The van der Waals surface area contributed by atoms with E-state index in [-0.39, 0.29) is 0 Å². The normalized spacial score (nSPS) is 14.5. The predicted molar refractivity (Wildman–Crippen MR) is 85.1 cm³/mol. The highest BCUT2D eigenvalue weighted by atomic mass is 32.2. The predicted octanol–water partition coefficient (Wildman–Crippen LogP) is 2.75. The average Bonchev–Trinajstić information content (AvgIpc) is 2.90. The summed E-state index contributed by atoms with van der Waals surface area (Å²) in [6.07, 6.45) is 0.711. The van der Waals surface area contributed by atoms with Gasteiger partial charge in [0, 0.05) is 17.5 Å². The molecular weight excluding hydrogens is 278 g/mol. The Bertz CT molecular complexity index is 306. The van der Waals surface area contributed by atoms with Gasteiger partial charge in [-0.25, -0.2) is 0 Å². The molecule has 1 rings (SSSR count). The number of aliphatic hydroxyl groups is 1. The minimum atomic E-state index is -0.429. The second kappa shape index (κ2) is 10.7. The number of thioether (sulfide) groups is 1. The Morgan fingerprint density at radius 2 is 2.37 bits per heavy atom. The molecule has 0 aliphatic carbocycles. The Morgan fingerprint density at radius 1 is 1.53 bits per heavy atom. The maximum absolute atomic E-state index is 9.81. The van der Waals surface area contributed by atoms with Crippen LogP contribution in [0.3, 0.4) is 0 Å². The van der Waals surface area contributed by atoms with Gasteiger partial charge in [0.25, 0.3) is 0 Å². The van der Waals surface area contributed by atoms with Gasteiger partial charge in [-0.3, -0.25) is 0 Å². The van der Waals surface area contributed by atoms with E-state index in [1.165, 1.54) is 16.4 Å². The lowest BCUT2D eigenvalue weighted by molar-refractivity contribution is 0.0288. The van der Waals surface area contributed by atoms with Crippen molar-refractivity contribution in [2.24, 2.45) is 0 Å². The smallest absolute Gasteiger partial charge is 0.0897 e. The third-order valence-electron chi connectivity index (χ3n) is 2.74. The second-order valence-electron chi connectivity index (χ2n) is 4.54. The van der Waals surface area contributed by atoms with Crippen molar-refractivity contribution < 1.29 is 9.84 Å². The largest absolute Gasteiger partial charge is 0.389 e. The van der Waals surface area contributed by atoms with Crippen LogP contribution in [0.1, 0.15) is 25.1 Å². The van der Waals surface area contributed by atoms with E-state index in [0.29, 0.717) is 25.8 Å². The van der Waals surface area contributed by atoms with Crippen molar-refractivity contribution in [3.63, 3.8) is 0 Å². The molecular formula is C14H25NO2S2. The Kier molecular flexibility index (Phi) is 9.55. The van der Waals surface area contributed by atoms with E-state index < -0.39 is 6.10 Å². The van der Waals surface area contributed by atoms with Crippen LogP contribution >= 0.6 is 23.1 Å². The molecule has 0 fully saturated rings. The fraction of sp³-hybridized carbons (Fsp3) is 0.714. The van der Waals surface area contributed by atoms with Gasteiger partial charge < -0.3 is 15.2 Å². The summed E-state index contributed by atoms with van der Waals surface area (Å²) in [6.45, 7) is 5.92. The third kappa shape index (κ3) is 8.65. The van der Waals surface area contributed by atoms with E-state index in [0.717, 1.165) is 6.42 Å². The molecule has 0 aliphatic heterocycles. The maximum Gasteiger partial charge on any atom is 0.0897 e. The van der Waals surface area contributed by atoms with E-state index in [1.54, 1.807) is 11.3 Å². The zero-order valence-corrected chi connectivity index (χ0v) is 13.4.